The molecule has 0 saturated carbocycles. The number of hydrogen-bond acceptors (Lipinski definition) is 2. The minimum Gasteiger partial charge on any atom is -0.496 e. The predicted octanol–water partition coefficient (Wildman–Crippen LogP) is 3.12. The Morgan fingerprint density at radius 1 is 1.44 bits per heavy atom. The first-order valence-corrected chi connectivity index (χ1v) is 6.48. The highest BCUT2D eigenvalue weighted by molar-refractivity contribution is 6.35. The third-order valence-corrected chi connectivity index (χ3v) is 3.51. The first kappa shape index (κ1) is 13.2. The van der Waals surface area contributed by atoms with Gasteiger partial charge in [-0.2, -0.15) is 0 Å². The molecule has 1 aromatic carbocycles. The third-order valence-electron chi connectivity index (χ3n) is 3.20. The Kier molecular flexibility index (Phi) is 3.83. The van der Waals surface area contributed by atoms with Crippen LogP contribution in [0.15, 0.2) is 18.3 Å². The zero-order chi connectivity index (χ0) is 13.3. The number of fused-ring (bicyclic) bond motifs is 1. The van der Waals surface area contributed by atoms with Gasteiger partial charge in [0.25, 0.3) is 0 Å². The van der Waals surface area contributed by atoms with Crippen LogP contribution in [0.5, 0.6) is 5.75 Å². The van der Waals surface area contributed by atoms with E-state index in [2.05, 4.69) is 10.8 Å². The Labute approximate surface area is 112 Å². The van der Waals surface area contributed by atoms with Gasteiger partial charge in [-0.25, -0.2) is 0 Å². The summed E-state index contributed by atoms with van der Waals surface area (Å²) in [6.45, 7) is 2.02. The Morgan fingerprint density at radius 3 is 2.78 bits per heavy atom. The van der Waals surface area contributed by atoms with Crippen LogP contribution in [-0.4, -0.2) is 17.7 Å². The monoisotopic (exact) mass is 266 g/mol. The van der Waals surface area contributed by atoms with Crippen molar-refractivity contribution in [1.29, 1.82) is 0 Å². The number of aromatic nitrogens is 1. The Balaban J connectivity index is 2.56. The Hall–Kier alpha value is -1.19. The number of hydrogen-bond donors (Lipinski definition) is 1. The number of nitrogens with two attached hydrogens (primary N) is 1. The summed E-state index contributed by atoms with van der Waals surface area (Å²) in [5, 5.41) is 1.86. The summed E-state index contributed by atoms with van der Waals surface area (Å²) in [5.74, 6) is 0.870. The molecular weight excluding hydrogens is 248 g/mol. The van der Waals surface area contributed by atoms with Crippen LogP contribution in [0.2, 0.25) is 5.02 Å². The van der Waals surface area contributed by atoms with Crippen LogP contribution >= 0.6 is 11.6 Å². The van der Waals surface area contributed by atoms with Gasteiger partial charge in [0.1, 0.15) is 5.75 Å². The molecule has 1 unspecified atom stereocenters. The maximum absolute atomic E-state index is 6.27. The van der Waals surface area contributed by atoms with Gasteiger partial charge in [-0.3, -0.25) is 0 Å². The molecule has 0 amide bonds. The van der Waals surface area contributed by atoms with Crippen molar-refractivity contribution in [2.24, 2.45) is 12.8 Å². The lowest BCUT2D eigenvalue weighted by molar-refractivity contribution is 0.419. The molecule has 0 aliphatic carbocycles. The second kappa shape index (κ2) is 5.21. The molecule has 2 N–H and O–H groups in total. The zero-order valence-corrected chi connectivity index (χ0v) is 11.8. The molecule has 0 radical (unpaired) electrons. The molecule has 4 heteroatoms. The van der Waals surface area contributed by atoms with E-state index in [-0.39, 0.29) is 6.04 Å². The molecule has 2 rings (SSSR count). The topological polar surface area (TPSA) is 40.2 Å². The van der Waals surface area contributed by atoms with E-state index in [9.17, 15) is 0 Å². The SMILES string of the molecule is COc1ccc(Cl)c2c1c(CCC(C)N)cn2C. The van der Waals surface area contributed by atoms with Gasteiger partial charge in [0.2, 0.25) is 0 Å². The molecule has 2 aromatic rings. The van der Waals surface area contributed by atoms with Gasteiger partial charge in [-0.1, -0.05) is 11.6 Å². The fraction of sp³-hybridized carbons (Fsp3) is 0.429. The van der Waals surface area contributed by atoms with E-state index in [1.165, 1.54) is 5.56 Å². The highest BCUT2D eigenvalue weighted by atomic mass is 35.5. The lowest BCUT2D eigenvalue weighted by atomic mass is 10.1. The molecule has 0 fully saturated rings. The fourth-order valence-corrected chi connectivity index (χ4v) is 2.60. The molecule has 0 saturated heterocycles. The lowest BCUT2D eigenvalue weighted by Gasteiger charge is -2.07. The molecule has 18 heavy (non-hydrogen) atoms. The summed E-state index contributed by atoms with van der Waals surface area (Å²) >= 11 is 6.27. The molecule has 0 spiro atoms. The predicted molar refractivity (Wildman–Crippen MR) is 76.5 cm³/mol. The largest absolute Gasteiger partial charge is 0.496 e. The quantitative estimate of drug-likeness (QED) is 0.924. The molecule has 0 aliphatic rings. The third kappa shape index (κ3) is 2.33. The Bertz CT molecular complexity index is 560. The molecule has 1 atom stereocenters. The smallest absolute Gasteiger partial charge is 0.128 e. The zero-order valence-electron chi connectivity index (χ0n) is 11.0. The second-order valence-electron chi connectivity index (χ2n) is 4.75. The van der Waals surface area contributed by atoms with Crippen molar-refractivity contribution in [3.63, 3.8) is 0 Å². The maximum atomic E-state index is 6.27. The summed E-state index contributed by atoms with van der Waals surface area (Å²) in [6.07, 6.45) is 4.00. The van der Waals surface area contributed by atoms with Gasteiger partial charge in [0.15, 0.2) is 0 Å². The van der Waals surface area contributed by atoms with Crippen molar-refractivity contribution in [1.82, 2.24) is 4.57 Å². The molecular formula is C14H19ClN2O. The van der Waals surface area contributed by atoms with E-state index < -0.39 is 0 Å². The lowest BCUT2D eigenvalue weighted by Crippen LogP contribution is -2.15. The maximum Gasteiger partial charge on any atom is 0.128 e. The van der Waals surface area contributed by atoms with Crippen LogP contribution < -0.4 is 10.5 Å². The highest BCUT2D eigenvalue weighted by Gasteiger charge is 2.14. The summed E-state index contributed by atoms with van der Waals surface area (Å²) in [7, 11) is 3.69. The number of methoxy groups -OCH3 is 1. The van der Waals surface area contributed by atoms with E-state index in [1.807, 2.05) is 26.1 Å². The normalized spacial score (nSPS) is 12.9. The molecule has 3 nitrogen and oxygen atoms in total. The molecule has 0 aliphatic heterocycles. The Morgan fingerprint density at radius 2 is 2.17 bits per heavy atom. The van der Waals surface area contributed by atoms with Crippen LogP contribution in [0.1, 0.15) is 18.9 Å². The number of nitrogens with zero attached hydrogens (tertiary/aromatic N) is 1. The summed E-state index contributed by atoms with van der Waals surface area (Å²) in [6, 6.07) is 3.99. The van der Waals surface area contributed by atoms with E-state index in [1.54, 1.807) is 7.11 Å². The van der Waals surface area contributed by atoms with Gasteiger partial charge in [0.05, 0.1) is 17.6 Å². The van der Waals surface area contributed by atoms with Crippen LogP contribution in [0.3, 0.4) is 0 Å². The molecule has 0 bridgehead atoms. The van der Waals surface area contributed by atoms with E-state index in [4.69, 9.17) is 22.1 Å². The van der Waals surface area contributed by atoms with Crippen molar-refractivity contribution >= 4 is 22.5 Å². The fourth-order valence-electron chi connectivity index (χ4n) is 2.31. The van der Waals surface area contributed by atoms with Crippen molar-refractivity contribution in [3.8, 4) is 5.75 Å². The molecule has 98 valence electrons. The average Bonchev–Trinajstić information content (AvgIpc) is 2.66. The number of benzene rings is 1. The van der Waals surface area contributed by atoms with Crippen LogP contribution in [-0.2, 0) is 13.5 Å². The van der Waals surface area contributed by atoms with Crippen molar-refractivity contribution in [2.75, 3.05) is 7.11 Å². The minimum atomic E-state index is 0.199. The van der Waals surface area contributed by atoms with E-state index >= 15 is 0 Å². The van der Waals surface area contributed by atoms with Gasteiger partial charge >= 0.3 is 0 Å². The second-order valence-corrected chi connectivity index (χ2v) is 5.16. The van der Waals surface area contributed by atoms with Gasteiger partial charge in [0, 0.05) is 24.7 Å². The van der Waals surface area contributed by atoms with Crippen LogP contribution in [0.25, 0.3) is 10.9 Å². The number of aryl methyl sites for hydroxylation is 2. The number of rotatable bonds is 4. The van der Waals surface area contributed by atoms with Crippen molar-refractivity contribution in [2.45, 2.75) is 25.8 Å². The van der Waals surface area contributed by atoms with E-state index in [0.29, 0.717) is 0 Å². The van der Waals surface area contributed by atoms with Crippen LogP contribution in [0, 0.1) is 0 Å². The highest BCUT2D eigenvalue weighted by Crippen LogP contribution is 2.35. The van der Waals surface area contributed by atoms with Gasteiger partial charge in [-0.05, 0) is 37.5 Å². The minimum absolute atomic E-state index is 0.199. The standard InChI is InChI=1S/C14H19ClN2O/c1-9(16)4-5-10-8-17(2)14-11(15)6-7-12(18-3)13(10)14/h6-9H,4-5,16H2,1-3H3. The van der Waals surface area contributed by atoms with E-state index in [0.717, 1.165) is 34.5 Å². The van der Waals surface area contributed by atoms with Gasteiger partial charge < -0.3 is 15.0 Å². The van der Waals surface area contributed by atoms with Crippen molar-refractivity contribution in [3.05, 3.63) is 28.9 Å². The average molecular weight is 267 g/mol. The number of ether oxygens (including phenoxy) is 1. The van der Waals surface area contributed by atoms with Crippen molar-refractivity contribution < 1.29 is 4.74 Å². The first-order valence-electron chi connectivity index (χ1n) is 6.10. The first-order chi connectivity index (χ1) is 8.54. The number of halogens is 1. The summed E-state index contributed by atoms with van der Waals surface area (Å²) in [4.78, 5) is 0. The van der Waals surface area contributed by atoms with Gasteiger partial charge in [-0.15, -0.1) is 0 Å². The molecule has 1 aromatic heterocycles. The summed E-state index contributed by atoms with van der Waals surface area (Å²) in [5.41, 5.74) is 8.09. The summed E-state index contributed by atoms with van der Waals surface area (Å²) < 4.78 is 7.49. The van der Waals surface area contributed by atoms with Crippen LogP contribution in [0.4, 0.5) is 0 Å². The molecule has 1 heterocycles.